The lowest BCUT2D eigenvalue weighted by molar-refractivity contribution is -0.119. The molecule has 27 heavy (non-hydrogen) atoms. The van der Waals surface area contributed by atoms with E-state index in [1.165, 1.54) is 11.3 Å². The molecule has 0 radical (unpaired) electrons. The Kier molecular flexibility index (Phi) is 6.29. The summed E-state index contributed by atoms with van der Waals surface area (Å²) >= 11 is 1.48. The van der Waals surface area contributed by atoms with Crippen molar-refractivity contribution >= 4 is 28.2 Å². The van der Waals surface area contributed by atoms with E-state index in [-0.39, 0.29) is 17.7 Å². The van der Waals surface area contributed by atoms with Gasteiger partial charge in [-0.25, -0.2) is 0 Å². The van der Waals surface area contributed by atoms with Crippen LogP contribution in [-0.4, -0.2) is 43.0 Å². The standard InChI is InChI=1S/C21H26N2O3S/c1-4-14(2)19(24)22-20-17(21(25)23-10-12-26-13-11-23)15(3)18(27-20)16-8-6-5-7-9-16/h5-9,14H,4,10-13H2,1-3H3,(H,22,24)/t14-/m0/s1. The maximum Gasteiger partial charge on any atom is 0.257 e. The molecule has 2 aromatic rings. The molecule has 0 unspecified atom stereocenters. The molecule has 0 aliphatic carbocycles. The summed E-state index contributed by atoms with van der Waals surface area (Å²) in [5.74, 6) is -0.179. The van der Waals surface area contributed by atoms with E-state index in [2.05, 4.69) is 5.32 Å². The Hall–Kier alpha value is -2.18. The highest BCUT2D eigenvalue weighted by Crippen LogP contribution is 2.40. The second-order valence-electron chi connectivity index (χ2n) is 6.83. The molecule has 1 fully saturated rings. The Balaban J connectivity index is 2.01. The van der Waals surface area contributed by atoms with E-state index in [0.29, 0.717) is 36.9 Å². The molecule has 0 bridgehead atoms. The molecule has 1 aromatic carbocycles. The first-order valence-corrected chi connectivity index (χ1v) is 10.2. The Morgan fingerprint density at radius 3 is 2.52 bits per heavy atom. The number of morpholine rings is 1. The predicted octanol–water partition coefficient (Wildman–Crippen LogP) is 4.18. The molecule has 0 spiro atoms. The molecule has 6 heteroatoms. The minimum absolute atomic E-state index is 0.0336. The topological polar surface area (TPSA) is 58.6 Å². The summed E-state index contributed by atoms with van der Waals surface area (Å²) in [7, 11) is 0. The number of hydrogen-bond acceptors (Lipinski definition) is 4. The lowest BCUT2D eigenvalue weighted by Gasteiger charge is -2.27. The SMILES string of the molecule is CC[C@H](C)C(=O)Nc1sc(-c2ccccc2)c(C)c1C(=O)N1CCOCC1. The first kappa shape index (κ1) is 19.6. The van der Waals surface area contributed by atoms with E-state index in [1.807, 2.05) is 56.0 Å². The normalized spacial score (nSPS) is 15.4. The van der Waals surface area contributed by atoms with E-state index in [4.69, 9.17) is 4.74 Å². The number of amides is 2. The number of carbonyl (C=O) groups excluding carboxylic acids is 2. The zero-order valence-electron chi connectivity index (χ0n) is 16.1. The minimum atomic E-state index is -0.0982. The molecular formula is C21H26N2O3S. The maximum absolute atomic E-state index is 13.2. The van der Waals surface area contributed by atoms with Crippen LogP contribution in [0.4, 0.5) is 5.00 Å². The van der Waals surface area contributed by atoms with Gasteiger partial charge in [0.05, 0.1) is 18.8 Å². The van der Waals surface area contributed by atoms with Crippen LogP contribution in [0.3, 0.4) is 0 Å². The second-order valence-corrected chi connectivity index (χ2v) is 7.85. The third-order valence-electron chi connectivity index (χ3n) is 4.99. The van der Waals surface area contributed by atoms with Crippen molar-refractivity contribution in [1.29, 1.82) is 0 Å². The molecule has 1 aromatic heterocycles. The fraction of sp³-hybridized carbons (Fsp3) is 0.429. The van der Waals surface area contributed by atoms with Crippen LogP contribution >= 0.6 is 11.3 Å². The summed E-state index contributed by atoms with van der Waals surface area (Å²) in [5.41, 5.74) is 2.58. The highest BCUT2D eigenvalue weighted by molar-refractivity contribution is 7.20. The van der Waals surface area contributed by atoms with Crippen molar-refractivity contribution < 1.29 is 14.3 Å². The number of ether oxygens (including phenoxy) is 1. The average Bonchev–Trinajstić information content (AvgIpc) is 3.03. The van der Waals surface area contributed by atoms with Gasteiger partial charge in [-0.2, -0.15) is 0 Å². The summed E-state index contributed by atoms with van der Waals surface area (Å²) in [5, 5.41) is 3.66. The van der Waals surface area contributed by atoms with Gasteiger partial charge >= 0.3 is 0 Å². The Labute approximate surface area is 164 Å². The van der Waals surface area contributed by atoms with Gasteiger partial charge in [0.1, 0.15) is 5.00 Å². The van der Waals surface area contributed by atoms with Gasteiger partial charge in [0, 0.05) is 23.9 Å². The van der Waals surface area contributed by atoms with Crippen LogP contribution in [0.2, 0.25) is 0 Å². The number of anilines is 1. The van der Waals surface area contributed by atoms with Crippen molar-refractivity contribution in [1.82, 2.24) is 4.90 Å². The third kappa shape index (κ3) is 4.22. The van der Waals surface area contributed by atoms with Gasteiger partial charge in [-0.05, 0) is 24.5 Å². The fourth-order valence-electron chi connectivity index (χ4n) is 3.07. The van der Waals surface area contributed by atoms with E-state index in [1.54, 1.807) is 0 Å². The van der Waals surface area contributed by atoms with Gasteiger partial charge in [-0.15, -0.1) is 11.3 Å². The molecule has 1 saturated heterocycles. The van der Waals surface area contributed by atoms with Crippen molar-refractivity contribution in [2.24, 2.45) is 5.92 Å². The Morgan fingerprint density at radius 2 is 1.89 bits per heavy atom. The van der Waals surface area contributed by atoms with Gasteiger partial charge in [-0.1, -0.05) is 44.2 Å². The molecule has 2 heterocycles. The molecule has 0 saturated carbocycles. The Morgan fingerprint density at radius 1 is 1.22 bits per heavy atom. The maximum atomic E-state index is 13.2. The van der Waals surface area contributed by atoms with Gasteiger partial charge in [0.15, 0.2) is 0 Å². The van der Waals surface area contributed by atoms with E-state index in [9.17, 15) is 9.59 Å². The number of hydrogen-bond donors (Lipinski definition) is 1. The molecule has 1 N–H and O–H groups in total. The number of carbonyl (C=O) groups is 2. The molecule has 1 aliphatic heterocycles. The van der Waals surface area contributed by atoms with Crippen LogP contribution in [0.15, 0.2) is 30.3 Å². The first-order chi connectivity index (χ1) is 13.0. The van der Waals surface area contributed by atoms with Crippen LogP contribution < -0.4 is 5.32 Å². The van der Waals surface area contributed by atoms with Crippen LogP contribution in [-0.2, 0) is 9.53 Å². The van der Waals surface area contributed by atoms with Crippen LogP contribution in [0, 0.1) is 12.8 Å². The molecule has 5 nitrogen and oxygen atoms in total. The molecular weight excluding hydrogens is 360 g/mol. The van der Waals surface area contributed by atoms with E-state index in [0.717, 1.165) is 22.4 Å². The van der Waals surface area contributed by atoms with Crippen LogP contribution in [0.1, 0.15) is 36.2 Å². The van der Waals surface area contributed by atoms with Crippen molar-refractivity contribution in [2.75, 3.05) is 31.6 Å². The monoisotopic (exact) mass is 386 g/mol. The number of thiophene rings is 1. The van der Waals surface area contributed by atoms with Crippen LogP contribution in [0.25, 0.3) is 10.4 Å². The summed E-state index contributed by atoms with van der Waals surface area (Å²) < 4.78 is 5.37. The van der Waals surface area contributed by atoms with Gasteiger partial charge < -0.3 is 15.0 Å². The Bertz CT molecular complexity index is 810. The van der Waals surface area contributed by atoms with Crippen molar-refractivity contribution in [3.8, 4) is 10.4 Å². The lowest BCUT2D eigenvalue weighted by atomic mass is 10.0. The predicted molar refractivity (Wildman–Crippen MR) is 109 cm³/mol. The quantitative estimate of drug-likeness (QED) is 0.839. The van der Waals surface area contributed by atoms with Crippen molar-refractivity contribution in [2.45, 2.75) is 27.2 Å². The summed E-state index contributed by atoms with van der Waals surface area (Å²) in [6.07, 6.45) is 0.758. The largest absolute Gasteiger partial charge is 0.378 e. The minimum Gasteiger partial charge on any atom is -0.378 e. The highest BCUT2D eigenvalue weighted by atomic mass is 32.1. The number of nitrogens with one attached hydrogen (secondary N) is 1. The van der Waals surface area contributed by atoms with Crippen LogP contribution in [0.5, 0.6) is 0 Å². The molecule has 3 rings (SSSR count). The molecule has 1 aliphatic rings. The zero-order valence-corrected chi connectivity index (χ0v) is 16.9. The number of rotatable bonds is 5. The van der Waals surface area contributed by atoms with E-state index < -0.39 is 0 Å². The zero-order chi connectivity index (χ0) is 19.4. The molecule has 1 atom stereocenters. The smallest absolute Gasteiger partial charge is 0.257 e. The highest BCUT2D eigenvalue weighted by Gasteiger charge is 2.28. The summed E-state index contributed by atoms with van der Waals surface area (Å²) in [6.45, 7) is 8.10. The summed E-state index contributed by atoms with van der Waals surface area (Å²) in [4.78, 5) is 28.6. The number of nitrogens with zero attached hydrogens (tertiary/aromatic N) is 1. The van der Waals surface area contributed by atoms with E-state index >= 15 is 0 Å². The van der Waals surface area contributed by atoms with Gasteiger partial charge in [-0.3, -0.25) is 9.59 Å². The fourth-order valence-corrected chi connectivity index (χ4v) is 4.28. The molecule has 2 amide bonds. The van der Waals surface area contributed by atoms with Gasteiger partial charge in [0.25, 0.3) is 5.91 Å². The summed E-state index contributed by atoms with van der Waals surface area (Å²) in [6, 6.07) is 9.99. The lowest BCUT2D eigenvalue weighted by Crippen LogP contribution is -2.41. The third-order valence-corrected chi connectivity index (χ3v) is 6.25. The second kappa shape index (κ2) is 8.67. The van der Waals surface area contributed by atoms with Gasteiger partial charge in [0.2, 0.25) is 5.91 Å². The first-order valence-electron chi connectivity index (χ1n) is 9.39. The van der Waals surface area contributed by atoms with Crippen molar-refractivity contribution in [3.05, 3.63) is 41.5 Å². The molecule has 144 valence electrons. The number of benzene rings is 1. The van der Waals surface area contributed by atoms with Crippen molar-refractivity contribution in [3.63, 3.8) is 0 Å². The average molecular weight is 387 g/mol.